The number of hydrogen-bond donors (Lipinski definition) is 2. The Hall–Kier alpha value is -2.60. The molecule has 136 valence electrons. The van der Waals surface area contributed by atoms with E-state index in [1.54, 1.807) is 29.4 Å². The number of hydrogen-bond acceptors (Lipinski definition) is 3. The third kappa shape index (κ3) is 4.73. The number of carbonyl (C=O) groups excluding carboxylic acids is 2. The van der Waals surface area contributed by atoms with E-state index in [9.17, 15) is 9.59 Å². The van der Waals surface area contributed by atoms with Crippen LogP contribution in [0.2, 0.25) is 5.02 Å². The lowest BCUT2D eigenvalue weighted by molar-refractivity contribution is -0.119. The van der Waals surface area contributed by atoms with Crippen LogP contribution in [0.15, 0.2) is 42.7 Å². The first-order valence-corrected chi connectivity index (χ1v) is 8.89. The standard InChI is InChI=1S/C19H21ClN4O2/c1-13-4-5-15(20)9-17(13)23-19(26)24(11-14-3-2-8-21-10-14)12-16-6-7-18(25)22-16/h2-5,8-10,16H,6-7,11-12H2,1H3,(H,22,25)(H,23,26)/t16-/m0/s1. The number of pyridine rings is 1. The summed E-state index contributed by atoms with van der Waals surface area (Å²) in [6.45, 7) is 2.76. The molecule has 1 saturated heterocycles. The van der Waals surface area contributed by atoms with Crippen LogP contribution in [0.5, 0.6) is 0 Å². The predicted octanol–water partition coefficient (Wildman–Crippen LogP) is 3.36. The van der Waals surface area contributed by atoms with E-state index in [0.29, 0.717) is 30.2 Å². The largest absolute Gasteiger partial charge is 0.352 e. The van der Waals surface area contributed by atoms with Crippen molar-refractivity contribution in [1.29, 1.82) is 0 Å². The fraction of sp³-hybridized carbons (Fsp3) is 0.316. The number of anilines is 1. The van der Waals surface area contributed by atoms with Crippen LogP contribution in [-0.2, 0) is 11.3 Å². The highest BCUT2D eigenvalue weighted by Crippen LogP contribution is 2.21. The number of aryl methyl sites for hydroxylation is 1. The van der Waals surface area contributed by atoms with Crippen molar-refractivity contribution < 1.29 is 9.59 Å². The molecular formula is C19H21ClN4O2. The number of nitrogens with one attached hydrogen (secondary N) is 2. The molecule has 0 unspecified atom stereocenters. The Morgan fingerprint density at radius 3 is 2.96 bits per heavy atom. The molecule has 6 nitrogen and oxygen atoms in total. The van der Waals surface area contributed by atoms with Crippen molar-refractivity contribution in [3.05, 3.63) is 58.9 Å². The van der Waals surface area contributed by atoms with Gasteiger partial charge in [-0.25, -0.2) is 4.79 Å². The van der Waals surface area contributed by atoms with Crippen LogP contribution < -0.4 is 10.6 Å². The van der Waals surface area contributed by atoms with E-state index >= 15 is 0 Å². The smallest absolute Gasteiger partial charge is 0.322 e. The first-order valence-electron chi connectivity index (χ1n) is 8.51. The Labute approximate surface area is 157 Å². The lowest BCUT2D eigenvalue weighted by Gasteiger charge is -2.26. The lowest BCUT2D eigenvalue weighted by atomic mass is 10.2. The van der Waals surface area contributed by atoms with E-state index < -0.39 is 0 Å². The fourth-order valence-electron chi connectivity index (χ4n) is 2.93. The van der Waals surface area contributed by atoms with Crippen molar-refractivity contribution in [2.24, 2.45) is 0 Å². The average Bonchev–Trinajstić information content (AvgIpc) is 3.03. The maximum absolute atomic E-state index is 12.9. The molecule has 1 fully saturated rings. The molecule has 26 heavy (non-hydrogen) atoms. The van der Waals surface area contributed by atoms with E-state index in [-0.39, 0.29) is 18.0 Å². The number of aromatic nitrogens is 1. The van der Waals surface area contributed by atoms with Crippen LogP contribution in [0, 0.1) is 6.92 Å². The second-order valence-electron chi connectivity index (χ2n) is 6.43. The summed E-state index contributed by atoms with van der Waals surface area (Å²) in [6, 6.07) is 8.86. The van der Waals surface area contributed by atoms with Crippen LogP contribution >= 0.6 is 11.6 Å². The van der Waals surface area contributed by atoms with Crippen LogP contribution in [0.4, 0.5) is 10.5 Å². The van der Waals surface area contributed by atoms with Crippen LogP contribution in [0.1, 0.15) is 24.0 Å². The Morgan fingerprint density at radius 1 is 1.42 bits per heavy atom. The van der Waals surface area contributed by atoms with Gasteiger partial charge in [-0.2, -0.15) is 0 Å². The van der Waals surface area contributed by atoms with Gasteiger partial charge in [0, 0.05) is 48.7 Å². The minimum Gasteiger partial charge on any atom is -0.352 e. The molecule has 2 N–H and O–H groups in total. The highest BCUT2D eigenvalue weighted by atomic mass is 35.5. The molecule has 3 rings (SSSR count). The van der Waals surface area contributed by atoms with Crippen LogP contribution in [0.25, 0.3) is 0 Å². The molecule has 1 aliphatic rings. The van der Waals surface area contributed by atoms with Crippen molar-refractivity contribution in [3.63, 3.8) is 0 Å². The van der Waals surface area contributed by atoms with Gasteiger partial charge in [0.2, 0.25) is 5.91 Å². The Morgan fingerprint density at radius 2 is 2.27 bits per heavy atom. The summed E-state index contributed by atoms with van der Waals surface area (Å²) in [6.07, 6.45) is 4.66. The maximum atomic E-state index is 12.9. The molecule has 0 aliphatic carbocycles. The molecule has 1 atom stereocenters. The summed E-state index contributed by atoms with van der Waals surface area (Å²) in [7, 11) is 0. The Bertz CT molecular complexity index is 797. The van der Waals surface area contributed by atoms with Crippen molar-refractivity contribution in [1.82, 2.24) is 15.2 Å². The van der Waals surface area contributed by atoms with Gasteiger partial charge in [0.1, 0.15) is 0 Å². The van der Waals surface area contributed by atoms with Crippen LogP contribution in [-0.4, -0.2) is 34.4 Å². The number of halogens is 1. The number of urea groups is 1. The maximum Gasteiger partial charge on any atom is 0.322 e. The fourth-order valence-corrected chi connectivity index (χ4v) is 3.11. The molecule has 1 aromatic carbocycles. The van der Waals surface area contributed by atoms with E-state index in [4.69, 9.17) is 11.6 Å². The van der Waals surface area contributed by atoms with Gasteiger partial charge >= 0.3 is 6.03 Å². The molecule has 1 aliphatic heterocycles. The number of benzene rings is 1. The minimum atomic E-state index is -0.236. The zero-order valence-electron chi connectivity index (χ0n) is 14.5. The SMILES string of the molecule is Cc1ccc(Cl)cc1NC(=O)N(Cc1cccnc1)C[C@@H]1CCC(=O)N1. The normalized spacial score (nSPS) is 16.2. The van der Waals surface area contributed by atoms with Crippen molar-refractivity contribution in [3.8, 4) is 0 Å². The second-order valence-corrected chi connectivity index (χ2v) is 6.87. The second kappa shape index (κ2) is 8.19. The summed E-state index contributed by atoms with van der Waals surface area (Å²) in [5.41, 5.74) is 2.53. The Balaban J connectivity index is 1.75. The first kappa shape index (κ1) is 18.2. The molecule has 3 amide bonds. The van der Waals surface area contributed by atoms with Gasteiger partial charge in [0.25, 0.3) is 0 Å². The van der Waals surface area contributed by atoms with Gasteiger partial charge in [-0.3, -0.25) is 9.78 Å². The number of rotatable bonds is 5. The number of amides is 3. The number of nitrogens with zero attached hydrogens (tertiary/aromatic N) is 2. The molecule has 1 aromatic heterocycles. The topological polar surface area (TPSA) is 74.3 Å². The highest BCUT2D eigenvalue weighted by Gasteiger charge is 2.25. The van der Waals surface area contributed by atoms with Gasteiger partial charge in [-0.15, -0.1) is 0 Å². The summed E-state index contributed by atoms with van der Waals surface area (Å²) >= 11 is 6.04. The molecule has 0 bridgehead atoms. The third-order valence-corrected chi connectivity index (χ3v) is 4.59. The van der Waals surface area contributed by atoms with Crippen molar-refractivity contribution >= 4 is 29.2 Å². The average molecular weight is 373 g/mol. The molecule has 0 saturated carbocycles. The van der Waals surface area contributed by atoms with Crippen LogP contribution in [0.3, 0.4) is 0 Å². The molecular weight excluding hydrogens is 352 g/mol. The van der Waals surface area contributed by atoms with Crippen molar-refractivity contribution in [2.45, 2.75) is 32.4 Å². The molecule has 0 spiro atoms. The first-order chi connectivity index (χ1) is 12.5. The summed E-state index contributed by atoms with van der Waals surface area (Å²) in [5, 5.41) is 6.40. The molecule has 7 heteroatoms. The highest BCUT2D eigenvalue weighted by molar-refractivity contribution is 6.31. The van der Waals surface area contributed by atoms with Crippen molar-refractivity contribution in [2.75, 3.05) is 11.9 Å². The lowest BCUT2D eigenvalue weighted by Crippen LogP contribution is -2.43. The van der Waals surface area contributed by atoms with E-state index in [2.05, 4.69) is 15.6 Å². The predicted molar refractivity (Wildman–Crippen MR) is 101 cm³/mol. The number of carbonyl (C=O) groups is 2. The summed E-state index contributed by atoms with van der Waals surface area (Å²) in [4.78, 5) is 30.2. The molecule has 2 aromatic rings. The zero-order valence-corrected chi connectivity index (χ0v) is 15.3. The van der Waals surface area contributed by atoms with Gasteiger partial charge in [0.05, 0.1) is 0 Å². The van der Waals surface area contributed by atoms with E-state index in [0.717, 1.165) is 17.5 Å². The molecule has 2 heterocycles. The summed E-state index contributed by atoms with van der Waals surface area (Å²) in [5.74, 6) is 0.0300. The monoisotopic (exact) mass is 372 g/mol. The third-order valence-electron chi connectivity index (χ3n) is 4.35. The molecule has 0 radical (unpaired) electrons. The quantitative estimate of drug-likeness (QED) is 0.845. The summed E-state index contributed by atoms with van der Waals surface area (Å²) < 4.78 is 0. The minimum absolute atomic E-state index is 0.0300. The zero-order chi connectivity index (χ0) is 18.5. The van der Waals surface area contributed by atoms with Gasteiger partial charge in [0.15, 0.2) is 0 Å². The van der Waals surface area contributed by atoms with Gasteiger partial charge in [-0.1, -0.05) is 23.7 Å². The van der Waals surface area contributed by atoms with E-state index in [1.807, 2.05) is 25.1 Å². The van der Waals surface area contributed by atoms with Gasteiger partial charge in [-0.05, 0) is 42.7 Å². The van der Waals surface area contributed by atoms with E-state index in [1.165, 1.54) is 0 Å². The van der Waals surface area contributed by atoms with Gasteiger partial charge < -0.3 is 15.5 Å². The Kier molecular flexibility index (Phi) is 5.73.